The number of benzene rings is 3. The van der Waals surface area contributed by atoms with Crippen LogP contribution in [0, 0.1) is 17.8 Å². The highest BCUT2D eigenvalue weighted by molar-refractivity contribution is 6.04. The molecule has 4 atom stereocenters. The lowest BCUT2D eigenvalue weighted by atomic mass is 9.67. The van der Waals surface area contributed by atoms with Crippen LogP contribution in [-0.2, 0) is 0 Å². The molecule has 0 saturated heterocycles. The first-order chi connectivity index (χ1) is 26.8. The van der Waals surface area contributed by atoms with Crippen molar-refractivity contribution in [2.75, 3.05) is 0 Å². The van der Waals surface area contributed by atoms with Crippen molar-refractivity contribution in [3.63, 3.8) is 0 Å². The lowest BCUT2D eigenvalue weighted by molar-refractivity contribution is 0.552. The van der Waals surface area contributed by atoms with E-state index >= 15 is 0 Å². The molecule has 0 aliphatic heterocycles. The van der Waals surface area contributed by atoms with Gasteiger partial charge in [-0.2, -0.15) is 0 Å². The molecule has 0 aromatic heterocycles. The van der Waals surface area contributed by atoms with Crippen molar-refractivity contribution in [2.45, 2.75) is 57.3 Å². The minimum atomic E-state index is 0.338. The summed E-state index contributed by atoms with van der Waals surface area (Å²) >= 11 is 0. The maximum atomic E-state index is 2.48. The minimum Gasteiger partial charge on any atom is -0.0842 e. The molecule has 11 rings (SSSR count). The van der Waals surface area contributed by atoms with Crippen molar-refractivity contribution in [3.8, 4) is 0 Å². The molecule has 8 aliphatic carbocycles. The Bertz CT molecular complexity index is 2650. The van der Waals surface area contributed by atoms with Crippen LogP contribution in [-0.4, -0.2) is 0 Å². The van der Waals surface area contributed by atoms with Gasteiger partial charge in [0.25, 0.3) is 0 Å². The van der Waals surface area contributed by atoms with Crippen molar-refractivity contribution < 1.29 is 0 Å². The zero-order chi connectivity index (χ0) is 35.6. The van der Waals surface area contributed by atoms with E-state index in [-0.39, 0.29) is 0 Å². The first-order valence-electron chi connectivity index (χ1n) is 20.4. The highest BCUT2D eigenvalue weighted by atomic mass is 14.4. The third kappa shape index (κ3) is 5.33. The summed E-state index contributed by atoms with van der Waals surface area (Å²) in [6.45, 7) is 0. The van der Waals surface area contributed by atoms with Gasteiger partial charge in [-0.15, -0.1) is 0 Å². The Morgan fingerprint density at radius 1 is 0.556 bits per heavy atom. The van der Waals surface area contributed by atoms with Gasteiger partial charge in [-0.25, -0.2) is 0 Å². The average Bonchev–Trinajstić information content (AvgIpc) is 3.56. The minimum absolute atomic E-state index is 0.338. The van der Waals surface area contributed by atoms with Crippen LogP contribution in [0.3, 0.4) is 0 Å². The second kappa shape index (κ2) is 13.1. The molecule has 0 N–H and O–H groups in total. The third-order valence-electron chi connectivity index (χ3n) is 13.6. The maximum Gasteiger partial charge on any atom is 0.0142 e. The summed E-state index contributed by atoms with van der Waals surface area (Å²) in [7, 11) is 0. The summed E-state index contributed by atoms with van der Waals surface area (Å²) in [5.74, 6) is 1.82. The summed E-state index contributed by atoms with van der Waals surface area (Å²) in [6, 6.07) is 23.0. The van der Waals surface area contributed by atoms with Gasteiger partial charge in [0.2, 0.25) is 0 Å². The summed E-state index contributed by atoms with van der Waals surface area (Å²) < 4.78 is 0. The molecule has 8 aliphatic rings. The standard InChI is InChI=1S/C54H46/c1-2-10-41-33-42(30-29-37(41)9-1)38-25-21-35(22-26-38)19-20-36-23-27-40(28-24-36)53-46-13-3-5-15-48(46)54(49-16-6-4-14-47(49)53)43-31-32-44-45-17-7-11-39-12-8-18-50(52(39)45)51(44)34-43/h1,3-9,11-21,23,25,27,29-32,41,46,48,51H,2,10,22,24,26,28,33-34H2. The molecule has 0 nitrogen and oxygen atoms in total. The topological polar surface area (TPSA) is 0 Å². The van der Waals surface area contributed by atoms with Crippen molar-refractivity contribution in [2.24, 2.45) is 17.8 Å². The monoisotopic (exact) mass is 694 g/mol. The fourth-order valence-electron chi connectivity index (χ4n) is 10.9. The van der Waals surface area contributed by atoms with E-state index in [1.54, 1.807) is 11.1 Å². The van der Waals surface area contributed by atoms with Crippen molar-refractivity contribution in [1.82, 2.24) is 0 Å². The van der Waals surface area contributed by atoms with Crippen molar-refractivity contribution in [1.29, 1.82) is 0 Å². The smallest absolute Gasteiger partial charge is 0.0142 e. The summed E-state index contributed by atoms with van der Waals surface area (Å²) in [6.07, 6.45) is 47.5. The molecule has 54 heavy (non-hydrogen) atoms. The van der Waals surface area contributed by atoms with E-state index < -0.39 is 0 Å². The van der Waals surface area contributed by atoms with E-state index in [9.17, 15) is 0 Å². The molecule has 0 fully saturated rings. The highest BCUT2D eigenvalue weighted by Gasteiger charge is 2.37. The number of allylic oxidation sites excluding steroid dienone is 24. The summed E-state index contributed by atoms with van der Waals surface area (Å²) in [5, 5.41) is 5.68. The van der Waals surface area contributed by atoms with E-state index in [1.807, 2.05) is 0 Å². The van der Waals surface area contributed by atoms with E-state index in [0.29, 0.717) is 17.8 Å². The zero-order valence-electron chi connectivity index (χ0n) is 31.0. The molecule has 3 aromatic carbocycles. The van der Waals surface area contributed by atoms with Gasteiger partial charge in [0.1, 0.15) is 0 Å². The molecule has 0 radical (unpaired) electrons. The van der Waals surface area contributed by atoms with Gasteiger partial charge in [0.05, 0.1) is 0 Å². The van der Waals surface area contributed by atoms with Gasteiger partial charge < -0.3 is 0 Å². The third-order valence-corrected chi connectivity index (χ3v) is 13.6. The molecule has 3 aromatic rings. The molecule has 0 bridgehead atoms. The van der Waals surface area contributed by atoms with Gasteiger partial charge in [-0.05, 0) is 145 Å². The Hall–Kier alpha value is -5.46. The SMILES string of the molecule is C1=CC2C(C3=CC=C(C=CC4=CC=C(C5=CC=C6C=CCCC6C5)CC4)CC3)=c3ccccc3=C(C3=CC=C4c5cccc6cccc(c56)C4C3)C2C=C1. The van der Waals surface area contributed by atoms with Crippen LogP contribution in [0.4, 0.5) is 0 Å². The Morgan fingerprint density at radius 2 is 1.24 bits per heavy atom. The van der Waals surface area contributed by atoms with Gasteiger partial charge in [-0.3, -0.25) is 0 Å². The molecule has 4 unspecified atom stereocenters. The molecule has 0 heterocycles. The second-order valence-corrected chi connectivity index (χ2v) is 16.5. The molecule has 0 heteroatoms. The largest absolute Gasteiger partial charge is 0.0842 e. The second-order valence-electron chi connectivity index (χ2n) is 16.5. The first kappa shape index (κ1) is 32.0. The molecule has 0 saturated carbocycles. The first-order valence-corrected chi connectivity index (χ1v) is 20.4. The Balaban J connectivity index is 0.903. The average molecular weight is 695 g/mol. The van der Waals surface area contributed by atoms with Gasteiger partial charge in [-0.1, -0.05) is 158 Å². The summed E-state index contributed by atoms with van der Waals surface area (Å²) in [5.41, 5.74) is 18.0. The lowest BCUT2D eigenvalue weighted by Gasteiger charge is -2.36. The quantitative estimate of drug-likeness (QED) is 0.249. The fourth-order valence-corrected chi connectivity index (χ4v) is 10.9. The van der Waals surface area contributed by atoms with Gasteiger partial charge >= 0.3 is 0 Å². The van der Waals surface area contributed by atoms with Gasteiger partial charge in [0.15, 0.2) is 0 Å². The molecule has 0 spiro atoms. The lowest BCUT2D eigenvalue weighted by Crippen LogP contribution is -2.41. The Kier molecular flexibility index (Phi) is 7.79. The maximum absolute atomic E-state index is 2.48. The van der Waals surface area contributed by atoms with Crippen LogP contribution < -0.4 is 10.4 Å². The normalized spacial score (nSPS) is 26.4. The highest BCUT2D eigenvalue weighted by Crippen LogP contribution is 2.53. The number of rotatable bonds is 5. The predicted octanol–water partition coefficient (Wildman–Crippen LogP) is 12.1. The number of hydrogen-bond acceptors (Lipinski definition) is 0. The van der Waals surface area contributed by atoms with Crippen molar-refractivity contribution >= 4 is 27.5 Å². The molecular weight excluding hydrogens is 649 g/mol. The Labute approximate surface area is 319 Å². The van der Waals surface area contributed by atoms with Crippen LogP contribution >= 0.6 is 0 Å². The van der Waals surface area contributed by atoms with Crippen LogP contribution in [0.15, 0.2) is 197 Å². The number of fused-ring (bicyclic) bond motifs is 6. The van der Waals surface area contributed by atoms with E-state index in [2.05, 4.69) is 158 Å². The van der Waals surface area contributed by atoms with Crippen LogP contribution in [0.5, 0.6) is 0 Å². The predicted molar refractivity (Wildman–Crippen MR) is 228 cm³/mol. The van der Waals surface area contributed by atoms with Crippen molar-refractivity contribution in [3.05, 3.63) is 218 Å². The van der Waals surface area contributed by atoms with E-state index in [1.165, 1.54) is 96.2 Å². The van der Waals surface area contributed by atoms with E-state index in [0.717, 1.165) is 38.0 Å². The molecule has 262 valence electrons. The van der Waals surface area contributed by atoms with Crippen LogP contribution in [0.2, 0.25) is 0 Å². The molecule has 0 amide bonds. The van der Waals surface area contributed by atoms with E-state index in [4.69, 9.17) is 0 Å². The van der Waals surface area contributed by atoms with Crippen LogP contribution in [0.1, 0.15) is 68.4 Å². The fraction of sp³-hybridized carbons (Fsp3) is 0.222. The van der Waals surface area contributed by atoms with Crippen LogP contribution in [0.25, 0.3) is 27.5 Å². The summed E-state index contributed by atoms with van der Waals surface area (Å²) in [4.78, 5) is 0. The Morgan fingerprint density at radius 3 is 1.98 bits per heavy atom. The molecular formula is C54H46. The zero-order valence-corrected chi connectivity index (χ0v) is 31.0. The van der Waals surface area contributed by atoms with Gasteiger partial charge in [0, 0.05) is 17.8 Å². The number of hydrogen-bond donors (Lipinski definition) is 0.